The molecule has 0 saturated heterocycles. The van der Waals surface area contributed by atoms with Crippen molar-refractivity contribution in [2.45, 2.75) is 12.5 Å². The molecular formula is C13H14O4. The van der Waals surface area contributed by atoms with E-state index in [1.165, 1.54) is 12.3 Å². The van der Waals surface area contributed by atoms with Crippen LogP contribution in [0.2, 0.25) is 0 Å². The van der Waals surface area contributed by atoms with Gasteiger partial charge in [-0.2, -0.15) is 0 Å². The highest BCUT2D eigenvalue weighted by Crippen LogP contribution is 2.38. The summed E-state index contributed by atoms with van der Waals surface area (Å²) >= 11 is 0. The van der Waals surface area contributed by atoms with E-state index in [4.69, 9.17) is 14.2 Å². The van der Waals surface area contributed by atoms with Gasteiger partial charge in [0.2, 0.25) is 0 Å². The Morgan fingerprint density at radius 2 is 2.12 bits per heavy atom. The van der Waals surface area contributed by atoms with Crippen molar-refractivity contribution in [2.75, 3.05) is 14.2 Å². The number of methoxy groups -OCH3 is 2. The van der Waals surface area contributed by atoms with Crippen molar-refractivity contribution in [1.29, 1.82) is 0 Å². The van der Waals surface area contributed by atoms with Crippen LogP contribution in [0.15, 0.2) is 30.5 Å². The molecule has 1 aliphatic heterocycles. The van der Waals surface area contributed by atoms with E-state index in [1.807, 2.05) is 18.2 Å². The van der Waals surface area contributed by atoms with Gasteiger partial charge in [0.25, 0.3) is 0 Å². The molecule has 1 unspecified atom stereocenters. The zero-order valence-electron chi connectivity index (χ0n) is 9.80. The molecule has 0 spiro atoms. The predicted molar refractivity (Wildman–Crippen MR) is 62.1 cm³/mol. The second-order valence-electron chi connectivity index (χ2n) is 3.68. The van der Waals surface area contributed by atoms with Crippen molar-refractivity contribution in [3.8, 4) is 11.5 Å². The fourth-order valence-electron chi connectivity index (χ4n) is 1.86. The highest BCUT2D eigenvalue weighted by Gasteiger charge is 2.23. The highest BCUT2D eigenvalue weighted by atomic mass is 16.5. The molecule has 0 saturated carbocycles. The molecule has 0 amide bonds. The van der Waals surface area contributed by atoms with Crippen molar-refractivity contribution in [1.82, 2.24) is 0 Å². The van der Waals surface area contributed by atoms with E-state index in [0.29, 0.717) is 17.9 Å². The Morgan fingerprint density at radius 1 is 1.29 bits per heavy atom. The molecule has 0 radical (unpaired) electrons. The number of benzene rings is 1. The van der Waals surface area contributed by atoms with Gasteiger partial charge in [0, 0.05) is 11.6 Å². The number of hydrogen-bond acceptors (Lipinski definition) is 4. The van der Waals surface area contributed by atoms with Gasteiger partial charge in [0.1, 0.15) is 6.10 Å². The number of para-hydroxylation sites is 1. The van der Waals surface area contributed by atoms with Crippen molar-refractivity contribution in [3.63, 3.8) is 0 Å². The molecule has 0 bridgehead atoms. The first-order chi connectivity index (χ1) is 8.26. The van der Waals surface area contributed by atoms with Crippen LogP contribution < -0.4 is 9.47 Å². The molecule has 1 heterocycles. The van der Waals surface area contributed by atoms with Crippen LogP contribution in [0, 0.1) is 0 Å². The molecule has 0 N–H and O–H groups in total. The Hall–Kier alpha value is -1.97. The van der Waals surface area contributed by atoms with Crippen LogP contribution in [0.5, 0.6) is 11.5 Å². The summed E-state index contributed by atoms with van der Waals surface area (Å²) in [6.45, 7) is 0. The van der Waals surface area contributed by atoms with Gasteiger partial charge in [0.15, 0.2) is 17.3 Å². The minimum Gasteiger partial charge on any atom is -0.493 e. The Balaban J connectivity index is 2.37. The lowest BCUT2D eigenvalue weighted by molar-refractivity contribution is -0.118. The summed E-state index contributed by atoms with van der Waals surface area (Å²) in [5.74, 6) is 1.30. The van der Waals surface area contributed by atoms with E-state index in [2.05, 4.69) is 0 Å². The number of ether oxygens (including phenoxy) is 3. The average molecular weight is 234 g/mol. The maximum Gasteiger partial charge on any atom is 0.167 e. The lowest BCUT2D eigenvalue weighted by atomic mass is 10.0. The number of carbonyl (C=O) groups excluding carboxylic acids is 1. The number of hydrogen-bond donors (Lipinski definition) is 0. The molecule has 4 heteroatoms. The summed E-state index contributed by atoms with van der Waals surface area (Å²) in [6, 6.07) is 5.53. The monoisotopic (exact) mass is 234 g/mol. The van der Waals surface area contributed by atoms with E-state index in [0.717, 1.165) is 5.56 Å². The summed E-state index contributed by atoms with van der Waals surface area (Å²) in [6.07, 6.45) is 2.87. The lowest BCUT2D eigenvalue weighted by Crippen LogP contribution is -2.12. The summed E-state index contributed by atoms with van der Waals surface area (Å²) in [5.41, 5.74) is 0.824. The smallest absolute Gasteiger partial charge is 0.167 e. The molecule has 1 atom stereocenters. The van der Waals surface area contributed by atoms with Crippen molar-refractivity contribution in [2.24, 2.45) is 0 Å². The van der Waals surface area contributed by atoms with Gasteiger partial charge in [-0.15, -0.1) is 0 Å². The van der Waals surface area contributed by atoms with Gasteiger partial charge in [-0.3, -0.25) is 4.79 Å². The van der Waals surface area contributed by atoms with Gasteiger partial charge < -0.3 is 14.2 Å². The maximum atomic E-state index is 11.4. The van der Waals surface area contributed by atoms with Crippen LogP contribution in [0.4, 0.5) is 0 Å². The second kappa shape index (κ2) is 4.91. The molecule has 1 aromatic rings. The van der Waals surface area contributed by atoms with Crippen LogP contribution in [0.25, 0.3) is 0 Å². The number of ketones is 1. The minimum absolute atomic E-state index is 0.0473. The lowest BCUT2D eigenvalue weighted by Gasteiger charge is -2.22. The molecule has 90 valence electrons. The number of rotatable bonds is 3. The summed E-state index contributed by atoms with van der Waals surface area (Å²) in [7, 11) is 3.15. The average Bonchev–Trinajstić information content (AvgIpc) is 2.37. The number of carbonyl (C=O) groups is 1. The zero-order valence-corrected chi connectivity index (χ0v) is 9.80. The Bertz CT molecular complexity index is 451. The highest BCUT2D eigenvalue weighted by molar-refractivity contribution is 5.90. The summed E-state index contributed by atoms with van der Waals surface area (Å²) in [5, 5.41) is 0. The Labute approximate surface area is 99.8 Å². The fourth-order valence-corrected chi connectivity index (χ4v) is 1.86. The van der Waals surface area contributed by atoms with Crippen LogP contribution >= 0.6 is 0 Å². The zero-order chi connectivity index (χ0) is 12.3. The van der Waals surface area contributed by atoms with Crippen LogP contribution in [-0.2, 0) is 9.53 Å². The van der Waals surface area contributed by atoms with Gasteiger partial charge in [-0.1, -0.05) is 12.1 Å². The van der Waals surface area contributed by atoms with Gasteiger partial charge >= 0.3 is 0 Å². The largest absolute Gasteiger partial charge is 0.493 e. The summed E-state index contributed by atoms with van der Waals surface area (Å²) < 4.78 is 16.0. The fraction of sp³-hybridized carbons (Fsp3) is 0.308. The van der Waals surface area contributed by atoms with Gasteiger partial charge in [-0.05, 0) is 6.07 Å². The quantitative estimate of drug-likeness (QED) is 0.804. The molecule has 0 aromatic heterocycles. The van der Waals surface area contributed by atoms with Gasteiger partial charge in [-0.25, -0.2) is 0 Å². The van der Waals surface area contributed by atoms with E-state index < -0.39 is 0 Å². The minimum atomic E-state index is -0.308. The van der Waals surface area contributed by atoms with Crippen molar-refractivity contribution in [3.05, 3.63) is 36.1 Å². The molecule has 4 nitrogen and oxygen atoms in total. The number of allylic oxidation sites excluding steroid dienone is 1. The first-order valence-corrected chi connectivity index (χ1v) is 5.32. The normalized spacial score (nSPS) is 18.7. The van der Waals surface area contributed by atoms with E-state index in [9.17, 15) is 4.79 Å². The maximum absolute atomic E-state index is 11.4. The summed E-state index contributed by atoms with van der Waals surface area (Å²) in [4.78, 5) is 11.4. The third-order valence-corrected chi connectivity index (χ3v) is 2.66. The van der Waals surface area contributed by atoms with Crippen LogP contribution in [-0.4, -0.2) is 20.0 Å². The molecule has 17 heavy (non-hydrogen) atoms. The van der Waals surface area contributed by atoms with Crippen LogP contribution in [0.1, 0.15) is 18.1 Å². The first kappa shape index (κ1) is 11.5. The third kappa shape index (κ3) is 2.25. The van der Waals surface area contributed by atoms with Crippen molar-refractivity contribution < 1.29 is 19.0 Å². The first-order valence-electron chi connectivity index (χ1n) is 5.32. The molecule has 1 aromatic carbocycles. The Kier molecular flexibility index (Phi) is 3.32. The molecule has 0 fully saturated rings. The predicted octanol–water partition coefficient (Wildman–Crippen LogP) is 2.25. The van der Waals surface area contributed by atoms with Crippen LogP contribution in [0.3, 0.4) is 0 Å². The Morgan fingerprint density at radius 3 is 2.76 bits per heavy atom. The van der Waals surface area contributed by atoms with E-state index in [1.54, 1.807) is 14.2 Å². The van der Waals surface area contributed by atoms with E-state index >= 15 is 0 Å². The topological polar surface area (TPSA) is 44.8 Å². The van der Waals surface area contributed by atoms with Crippen molar-refractivity contribution >= 4 is 5.78 Å². The van der Waals surface area contributed by atoms with Gasteiger partial charge in [0.05, 0.1) is 26.9 Å². The standard InChI is InChI=1S/C13H14O4/c1-15-11-5-3-4-10(13(11)16-2)12-8-9(14)6-7-17-12/h3-7,12H,8H2,1-2H3. The molecule has 0 aliphatic carbocycles. The molecule has 2 rings (SSSR count). The third-order valence-electron chi connectivity index (χ3n) is 2.66. The molecule has 1 aliphatic rings. The SMILES string of the molecule is COc1cccc(C2CC(=O)C=CO2)c1OC. The molecular weight excluding hydrogens is 220 g/mol. The second-order valence-corrected chi connectivity index (χ2v) is 3.68. The van der Waals surface area contributed by atoms with E-state index in [-0.39, 0.29) is 11.9 Å².